The lowest BCUT2D eigenvalue weighted by atomic mass is 10.2. The fraction of sp³-hybridized carbons (Fsp3) is 0.333. The number of hydrogen-bond donors (Lipinski definition) is 2. The van der Waals surface area contributed by atoms with Crippen LogP contribution in [0, 0.1) is 0 Å². The van der Waals surface area contributed by atoms with E-state index in [0.29, 0.717) is 11.3 Å². The fourth-order valence-corrected chi connectivity index (χ4v) is 3.13. The first-order chi connectivity index (χ1) is 9.85. The molecule has 1 atom stereocenters. The van der Waals surface area contributed by atoms with Crippen LogP contribution in [0.2, 0.25) is 0 Å². The summed E-state index contributed by atoms with van der Waals surface area (Å²) in [6.07, 6.45) is 4.66. The van der Waals surface area contributed by atoms with E-state index in [1.54, 1.807) is 6.92 Å². The quantitative estimate of drug-likeness (QED) is 0.659. The Bertz CT molecular complexity index is 655. The largest absolute Gasteiger partial charge is 0.478 e. The average molecular weight is 332 g/mol. The summed E-state index contributed by atoms with van der Waals surface area (Å²) < 4.78 is 37.6. The molecule has 1 aromatic rings. The lowest BCUT2D eigenvalue weighted by Crippen LogP contribution is -2.28. The van der Waals surface area contributed by atoms with Gasteiger partial charge in [0.2, 0.25) is 10.0 Å². The monoisotopic (exact) mass is 332 g/mol. The minimum Gasteiger partial charge on any atom is -0.478 e. The lowest BCUT2D eigenvalue weighted by molar-refractivity contribution is -0.131. The third-order valence-corrected chi connectivity index (χ3v) is 5.14. The molecule has 0 saturated carbocycles. The molecular formula is C12H16N2O5S2. The van der Waals surface area contributed by atoms with Crippen LogP contribution in [0.1, 0.15) is 12.5 Å². The Labute approximate surface area is 125 Å². The van der Waals surface area contributed by atoms with Gasteiger partial charge in [-0.05, 0) is 17.7 Å². The summed E-state index contributed by atoms with van der Waals surface area (Å²) in [5.74, 6) is -0.427. The molecule has 1 heterocycles. The average Bonchev–Trinajstić information content (AvgIpc) is 2.45. The van der Waals surface area contributed by atoms with Crippen LogP contribution in [-0.2, 0) is 25.6 Å². The Kier molecular flexibility index (Phi) is 6.66. The highest BCUT2D eigenvalue weighted by Gasteiger charge is 2.14. The van der Waals surface area contributed by atoms with Gasteiger partial charge in [0.05, 0.1) is 0 Å². The highest BCUT2D eigenvalue weighted by Crippen LogP contribution is 2.10. The van der Waals surface area contributed by atoms with Gasteiger partial charge in [-0.1, -0.05) is 6.92 Å². The second-order valence-corrected chi connectivity index (χ2v) is 7.59. The Morgan fingerprint density at radius 2 is 2.19 bits per heavy atom. The molecule has 2 N–H and O–H groups in total. The molecule has 9 heteroatoms. The van der Waals surface area contributed by atoms with Crippen molar-refractivity contribution in [3.8, 4) is 0 Å². The van der Waals surface area contributed by atoms with Crippen LogP contribution in [0.3, 0.4) is 0 Å². The zero-order valence-corrected chi connectivity index (χ0v) is 13.0. The molecule has 1 unspecified atom stereocenters. The number of pyridine rings is 1. The van der Waals surface area contributed by atoms with Crippen LogP contribution in [-0.4, -0.2) is 46.7 Å². The first kappa shape index (κ1) is 17.5. The van der Waals surface area contributed by atoms with Gasteiger partial charge in [0.15, 0.2) is 0 Å². The summed E-state index contributed by atoms with van der Waals surface area (Å²) in [4.78, 5) is 14.1. The van der Waals surface area contributed by atoms with E-state index in [1.165, 1.54) is 18.3 Å². The van der Waals surface area contributed by atoms with E-state index >= 15 is 0 Å². The van der Waals surface area contributed by atoms with E-state index in [0.717, 1.165) is 12.3 Å². The molecule has 0 aromatic carbocycles. The molecule has 0 radical (unpaired) electrons. The van der Waals surface area contributed by atoms with Gasteiger partial charge in [-0.3, -0.25) is 9.19 Å². The predicted molar refractivity (Wildman–Crippen MR) is 79.6 cm³/mol. The van der Waals surface area contributed by atoms with E-state index in [4.69, 9.17) is 5.11 Å². The molecule has 0 aliphatic heterocycles. The van der Waals surface area contributed by atoms with Crippen LogP contribution in [0.25, 0.3) is 6.08 Å². The molecule has 21 heavy (non-hydrogen) atoms. The molecule has 0 aliphatic carbocycles. The van der Waals surface area contributed by atoms with E-state index < -0.39 is 26.8 Å². The molecule has 0 aliphatic rings. The third kappa shape index (κ3) is 6.15. The predicted octanol–water partition coefficient (Wildman–Crippen LogP) is 0.226. The molecule has 1 aromatic heterocycles. The van der Waals surface area contributed by atoms with E-state index in [9.17, 15) is 17.4 Å². The molecule has 7 nitrogen and oxygen atoms in total. The lowest BCUT2D eigenvalue weighted by Gasteiger charge is -2.06. The number of hydrogen-bond acceptors (Lipinski definition) is 5. The standard InChI is InChI=1S/C12H16N2O5S2/c1-2-20(17)6-5-14-21(18,19)11-7-10(8-13-9-11)3-4-12(15)16/h3-4,7-9,14H,2,5-6H2,1H3,(H,15,16)/b4-3+. The number of sulfonamides is 1. The summed E-state index contributed by atoms with van der Waals surface area (Å²) in [7, 11) is -4.80. The minimum absolute atomic E-state index is 0.0674. The number of rotatable bonds is 8. The number of carboxylic acid groups (broad SMARTS) is 1. The highest BCUT2D eigenvalue weighted by molar-refractivity contribution is 7.89. The van der Waals surface area contributed by atoms with Crippen molar-refractivity contribution in [2.24, 2.45) is 0 Å². The fourth-order valence-electron chi connectivity index (χ4n) is 1.36. The zero-order chi connectivity index (χ0) is 15.9. The molecule has 116 valence electrons. The zero-order valence-electron chi connectivity index (χ0n) is 11.4. The summed E-state index contributed by atoms with van der Waals surface area (Å²) in [6, 6.07) is 1.31. The summed E-state index contributed by atoms with van der Waals surface area (Å²) >= 11 is 0. The Morgan fingerprint density at radius 1 is 1.48 bits per heavy atom. The maximum absolute atomic E-state index is 12.0. The number of carbonyl (C=O) groups is 1. The summed E-state index contributed by atoms with van der Waals surface area (Å²) in [6.45, 7) is 1.82. The Hall–Kier alpha value is -1.58. The van der Waals surface area contributed by atoms with Gasteiger partial charge in [-0.25, -0.2) is 17.9 Å². The summed E-state index contributed by atoms with van der Waals surface area (Å²) in [5, 5.41) is 8.53. The second kappa shape index (κ2) is 8.01. The van der Waals surface area contributed by atoms with Crippen molar-refractivity contribution in [3.63, 3.8) is 0 Å². The molecule has 0 amide bonds. The van der Waals surface area contributed by atoms with Crippen molar-refractivity contribution >= 4 is 32.9 Å². The van der Waals surface area contributed by atoms with Gasteiger partial charge in [0.1, 0.15) is 4.90 Å². The van der Waals surface area contributed by atoms with Gasteiger partial charge in [0, 0.05) is 47.3 Å². The number of nitrogens with zero attached hydrogens (tertiary/aromatic N) is 1. The van der Waals surface area contributed by atoms with Crippen LogP contribution >= 0.6 is 0 Å². The SMILES string of the molecule is CCS(=O)CCNS(=O)(=O)c1cncc(/C=C/C(=O)O)c1. The van der Waals surface area contributed by atoms with Crippen molar-refractivity contribution in [3.05, 3.63) is 30.1 Å². The van der Waals surface area contributed by atoms with Gasteiger partial charge in [-0.2, -0.15) is 0 Å². The normalized spacial score (nSPS) is 13.4. The van der Waals surface area contributed by atoms with E-state index in [1.807, 2.05) is 0 Å². The Morgan fingerprint density at radius 3 is 2.81 bits per heavy atom. The van der Waals surface area contributed by atoms with Crippen molar-refractivity contribution in [1.82, 2.24) is 9.71 Å². The molecular weight excluding hydrogens is 316 g/mol. The number of aliphatic carboxylic acids is 1. The number of nitrogens with one attached hydrogen (secondary N) is 1. The maximum Gasteiger partial charge on any atom is 0.328 e. The van der Waals surface area contributed by atoms with Crippen molar-refractivity contribution in [1.29, 1.82) is 0 Å². The second-order valence-electron chi connectivity index (χ2n) is 3.96. The van der Waals surface area contributed by atoms with Gasteiger partial charge in [-0.15, -0.1) is 0 Å². The van der Waals surface area contributed by atoms with Crippen molar-refractivity contribution < 1.29 is 22.5 Å². The van der Waals surface area contributed by atoms with Crippen LogP contribution in [0.4, 0.5) is 0 Å². The minimum atomic E-state index is -3.75. The smallest absolute Gasteiger partial charge is 0.328 e. The number of carboxylic acids is 1. The topological polar surface area (TPSA) is 113 Å². The third-order valence-electron chi connectivity index (χ3n) is 2.41. The highest BCUT2D eigenvalue weighted by atomic mass is 32.2. The molecule has 1 rings (SSSR count). The van der Waals surface area contributed by atoms with Crippen LogP contribution < -0.4 is 4.72 Å². The molecule has 0 spiro atoms. The van der Waals surface area contributed by atoms with Gasteiger partial charge < -0.3 is 5.11 Å². The van der Waals surface area contributed by atoms with E-state index in [2.05, 4.69) is 9.71 Å². The summed E-state index contributed by atoms with van der Waals surface area (Å²) in [5.41, 5.74) is 0.359. The molecule has 0 fully saturated rings. The first-order valence-corrected chi connectivity index (χ1v) is 9.03. The van der Waals surface area contributed by atoms with Crippen molar-refractivity contribution in [2.75, 3.05) is 18.1 Å². The Balaban J connectivity index is 2.81. The first-order valence-electron chi connectivity index (χ1n) is 6.06. The van der Waals surface area contributed by atoms with E-state index in [-0.39, 0.29) is 17.2 Å². The van der Waals surface area contributed by atoms with Crippen molar-refractivity contribution in [2.45, 2.75) is 11.8 Å². The van der Waals surface area contributed by atoms with Gasteiger partial charge >= 0.3 is 5.97 Å². The van der Waals surface area contributed by atoms with Gasteiger partial charge in [0.25, 0.3) is 0 Å². The molecule has 0 bridgehead atoms. The molecule has 0 saturated heterocycles. The van der Waals surface area contributed by atoms with Crippen LogP contribution in [0.15, 0.2) is 29.4 Å². The maximum atomic E-state index is 12.0. The number of aromatic nitrogens is 1. The van der Waals surface area contributed by atoms with Crippen LogP contribution in [0.5, 0.6) is 0 Å².